The number of phenols is 1. The average molecular weight is 434 g/mol. The molecule has 32 heavy (non-hydrogen) atoms. The number of nitrogens with zero attached hydrogens (tertiary/aromatic N) is 5. The number of aromatic hydroxyl groups is 1. The number of likely N-dealkylation sites (N-methyl/N-ethyl adjacent to an activating group) is 1. The number of anilines is 1. The van der Waals surface area contributed by atoms with Crippen molar-refractivity contribution in [1.29, 1.82) is 0 Å². The fourth-order valence-corrected chi connectivity index (χ4v) is 4.43. The van der Waals surface area contributed by atoms with E-state index in [4.69, 9.17) is 9.72 Å². The van der Waals surface area contributed by atoms with E-state index in [0.29, 0.717) is 30.3 Å². The van der Waals surface area contributed by atoms with Gasteiger partial charge in [-0.15, -0.1) is 0 Å². The van der Waals surface area contributed by atoms with Crippen LogP contribution < -0.4 is 9.64 Å². The first-order chi connectivity index (χ1) is 15.6. The van der Waals surface area contributed by atoms with Crippen LogP contribution in [0.2, 0.25) is 0 Å². The monoisotopic (exact) mass is 433 g/mol. The van der Waals surface area contributed by atoms with Gasteiger partial charge in [-0.25, -0.2) is 0 Å². The maximum atomic E-state index is 10.1. The molecule has 0 aliphatic carbocycles. The fourth-order valence-electron chi connectivity index (χ4n) is 4.43. The molecular formula is C24H27N5O3. The molecule has 0 spiro atoms. The van der Waals surface area contributed by atoms with Gasteiger partial charge in [0.05, 0.1) is 12.6 Å². The summed E-state index contributed by atoms with van der Waals surface area (Å²) >= 11 is 0. The second-order valence-corrected chi connectivity index (χ2v) is 8.52. The Labute approximate surface area is 187 Å². The number of aliphatic hydroxyl groups excluding tert-OH is 1. The molecule has 2 aliphatic heterocycles. The number of benzene rings is 2. The maximum Gasteiger partial charge on any atom is 0.322 e. The Morgan fingerprint density at radius 3 is 2.66 bits per heavy atom. The van der Waals surface area contributed by atoms with Crippen LogP contribution in [0.1, 0.15) is 17.5 Å². The molecule has 0 bridgehead atoms. The van der Waals surface area contributed by atoms with Crippen LogP contribution in [0, 0.1) is 0 Å². The van der Waals surface area contributed by atoms with E-state index in [9.17, 15) is 10.2 Å². The molecule has 8 nitrogen and oxygen atoms in total. The maximum absolute atomic E-state index is 10.1. The molecule has 1 aromatic heterocycles. The first-order valence-electron chi connectivity index (χ1n) is 10.9. The average Bonchev–Trinajstić information content (AvgIpc) is 3.22. The number of aliphatic hydroxyl groups is 1. The molecule has 2 aromatic carbocycles. The van der Waals surface area contributed by atoms with Crippen molar-refractivity contribution in [2.45, 2.75) is 31.5 Å². The predicted octanol–water partition coefficient (Wildman–Crippen LogP) is 2.25. The van der Waals surface area contributed by atoms with Crippen LogP contribution in [0.25, 0.3) is 11.4 Å². The van der Waals surface area contributed by atoms with E-state index < -0.39 is 0 Å². The molecule has 3 aromatic rings. The van der Waals surface area contributed by atoms with E-state index in [1.165, 1.54) is 11.1 Å². The molecule has 2 N–H and O–H groups in total. The zero-order valence-corrected chi connectivity index (χ0v) is 18.1. The van der Waals surface area contributed by atoms with Crippen molar-refractivity contribution in [3.63, 3.8) is 0 Å². The third-order valence-corrected chi connectivity index (χ3v) is 6.15. The highest BCUT2D eigenvalue weighted by molar-refractivity contribution is 5.59. The summed E-state index contributed by atoms with van der Waals surface area (Å²) in [5.41, 5.74) is 3.10. The molecule has 0 amide bonds. The van der Waals surface area contributed by atoms with Crippen molar-refractivity contribution in [2.75, 3.05) is 31.6 Å². The highest BCUT2D eigenvalue weighted by Crippen LogP contribution is 2.30. The van der Waals surface area contributed by atoms with Crippen LogP contribution in [0.3, 0.4) is 0 Å². The number of hydrogen-bond acceptors (Lipinski definition) is 8. The van der Waals surface area contributed by atoms with Gasteiger partial charge in [-0.05, 0) is 43.1 Å². The second kappa shape index (κ2) is 8.72. The van der Waals surface area contributed by atoms with Gasteiger partial charge < -0.3 is 24.7 Å². The number of aromatic nitrogens is 3. The van der Waals surface area contributed by atoms with E-state index in [1.807, 2.05) is 23.1 Å². The minimum absolute atomic E-state index is 0.00884. The molecule has 2 aliphatic rings. The van der Waals surface area contributed by atoms with E-state index in [1.54, 1.807) is 18.2 Å². The van der Waals surface area contributed by atoms with E-state index in [-0.39, 0.29) is 30.5 Å². The van der Waals surface area contributed by atoms with Crippen molar-refractivity contribution in [3.8, 4) is 23.1 Å². The molecule has 0 saturated carbocycles. The fraction of sp³-hybridized carbons (Fsp3) is 0.375. The van der Waals surface area contributed by atoms with Crippen molar-refractivity contribution < 1.29 is 14.9 Å². The smallest absolute Gasteiger partial charge is 0.322 e. The van der Waals surface area contributed by atoms with Gasteiger partial charge >= 0.3 is 6.01 Å². The number of ether oxygens (including phenoxy) is 1. The molecule has 1 fully saturated rings. The highest BCUT2D eigenvalue weighted by atomic mass is 16.5. The first kappa shape index (κ1) is 20.7. The zero-order valence-electron chi connectivity index (χ0n) is 18.1. The van der Waals surface area contributed by atoms with E-state index in [0.717, 1.165) is 19.5 Å². The number of likely N-dealkylation sites (tertiary alicyclic amines) is 1. The molecule has 5 rings (SSSR count). The number of phenolic OH excluding ortho intramolecular Hbond substituents is 1. The lowest BCUT2D eigenvalue weighted by Gasteiger charge is -2.36. The third-order valence-electron chi connectivity index (χ3n) is 6.15. The van der Waals surface area contributed by atoms with Crippen LogP contribution in [-0.2, 0) is 13.0 Å². The molecule has 3 heterocycles. The summed E-state index contributed by atoms with van der Waals surface area (Å²) in [6.07, 6.45) is 1.64. The third kappa shape index (κ3) is 4.24. The Hall–Kier alpha value is -3.23. The van der Waals surface area contributed by atoms with Crippen molar-refractivity contribution in [3.05, 3.63) is 59.7 Å². The Bertz CT molecular complexity index is 1110. The van der Waals surface area contributed by atoms with Gasteiger partial charge in [0.2, 0.25) is 5.95 Å². The largest absolute Gasteiger partial charge is 0.508 e. The molecule has 0 unspecified atom stereocenters. The minimum Gasteiger partial charge on any atom is -0.508 e. The van der Waals surface area contributed by atoms with Crippen LogP contribution in [0.5, 0.6) is 11.8 Å². The summed E-state index contributed by atoms with van der Waals surface area (Å²) < 4.78 is 6.15. The molecule has 8 heteroatoms. The Balaban J connectivity index is 1.54. The van der Waals surface area contributed by atoms with Gasteiger partial charge in [-0.1, -0.05) is 36.4 Å². The van der Waals surface area contributed by atoms with Crippen LogP contribution in [0.15, 0.2) is 48.5 Å². The molecule has 0 radical (unpaired) electrons. The Kier molecular flexibility index (Phi) is 5.63. The molecule has 1 saturated heterocycles. The van der Waals surface area contributed by atoms with Crippen molar-refractivity contribution in [2.24, 2.45) is 0 Å². The second-order valence-electron chi connectivity index (χ2n) is 8.52. The summed E-state index contributed by atoms with van der Waals surface area (Å²) in [5, 5.41) is 20.1. The summed E-state index contributed by atoms with van der Waals surface area (Å²) in [6.45, 7) is 2.37. The highest BCUT2D eigenvalue weighted by Gasteiger charge is 2.29. The lowest BCUT2D eigenvalue weighted by atomic mass is 9.94. The van der Waals surface area contributed by atoms with Crippen LogP contribution in [0.4, 0.5) is 5.95 Å². The first-order valence-corrected chi connectivity index (χ1v) is 10.9. The molecular weight excluding hydrogens is 406 g/mol. The van der Waals surface area contributed by atoms with Gasteiger partial charge in [0.15, 0.2) is 5.82 Å². The van der Waals surface area contributed by atoms with E-state index in [2.05, 4.69) is 34.0 Å². The van der Waals surface area contributed by atoms with Crippen LogP contribution in [-0.4, -0.2) is 69.0 Å². The number of rotatable bonds is 5. The molecule has 166 valence electrons. The zero-order chi connectivity index (χ0) is 22.1. The summed E-state index contributed by atoms with van der Waals surface area (Å²) in [6, 6.07) is 15.2. The summed E-state index contributed by atoms with van der Waals surface area (Å²) in [4.78, 5) is 18.2. The Morgan fingerprint density at radius 2 is 1.91 bits per heavy atom. The lowest BCUT2D eigenvalue weighted by Crippen LogP contribution is -2.44. The van der Waals surface area contributed by atoms with Gasteiger partial charge in [0, 0.05) is 25.2 Å². The van der Waals surface area contributed by atoms with Crippen LogP contribution >= 0.6 is 0 Å². The van der Waals surface area contributed by atoms with E-state index >= 15 is 0 Å². The molecule has 2 atom stereocenters. The summed E-state index contributed by atoms with van der Waals surface area (Å²) in [7, 11) is 2.07. The lowest BCUT2D eigenvalue weighted by molar-refractivity contribution is 0.190. The topological polar surface area (TPSA) is 94.8 Å². The summed E-state index contributed by atoms with van der Waals surface area (Å²) in [5.74, 6) is 1.04. The Morgan fingerprint density at radius 1 is 1.06 bits per heavy atom. The van der Waals surface area contributed by atoms with Crippen molar-refractivity contribution >= 4 is 5.95 Å². The predicted molar refractivity (Wildman–Crippen MR) is 121 cm³/mol. The van der Waals surface area contributed by atoms with Gasteiger partial charge in [0.1, 0.15) is 11.9 Å². The quantitative estimate of drug-likeness (QED) is 0.633. The SMILES string of the molecule is CN1CC[C@H](Oc2nc(-c3cccc(O)c3)nc(N3Cc4ccccc4C[C@@H]3CO)n2)C1. The van der Waals surface area contributed by atoms with Gasteiger partial charge in [-0.2, -0.15) is 15.0 Å². The standard InChI is InChI=1S/C24H27N5O3/c1-28-10-9-21(14-28)32-24-26-22(17-7-4-8-20(31)12-17)25-23(27-24)29-13-18-6-3-2-5-16(18)11-19(29)15-30/h2-8,12,19,21,30-31H,9-11,13-15H2,1H3/t19-,21+/m1/s1. The van der Waals surface area contributed by atoms with Gasteiger partial charge in [-0.3, -0.25) is 0 Å². The minimum atomic E-state index is -0.144. The number of hydrogen-bond donors (Lipinski definition) is 2. The van der Waals surface area contributed by atoms with Gasteiger partial charge in [0.25, 0.3) is 0 Å². The number of fused-ring (bicyclic) bond motifs is 1. The van der Waals surface area contributed by atoms with Crippen molar-refractivity contribution in [1.82, 2.24) is 19.9 Å². The normalized spacial score (nSPS) is 20.9.